The van der Waals surface area contributed by atoms with E-state index >= 15 is 0 Å². The number of nitrogens with one attached hydrogen (secondary N) is 2. The first-order valence-electron chi connectivity index (χ1n) is 6.21. The summed E-state index contributed by atoms with van der Waals surface area (Å²) in [6.07, 6.45) is 0. The van der Waals surface area contributed by atoms with Gasteiger partial charge in [-0.1, -0.05) is 35.3 Å². The maximum absolute atomic E-state index is 13.8. The molecule has 0 spiro atoms. The summed E-state index contributed by atoms with van der Waals surface area (Å²) < 4.78 is 13.8. The predicted octanol–water partition coefficient (Wildman–Crippen LogP) is 4.10. The monoisotopic (exact) mass is 326 g/mol. The first-order chi connectivity index (χ1) is 10.0. The molecule has 3 nitrogen and oxygen atoms in total. The van der Waals surface area contributed by atoms with Crippen LogP contribution in [-0.4, -0.2) is 13.0 Å². The molecule has 0 aliphatic heterocycles. The topological polar surface area (TPSA) is 41.1 Å². The smallest absolute Gasteiger partial charge is 0.252 e. The van der Waals surface area contributed by atoms with Crippen LogP contribution < -0.4 is 10.6 Å². The largest absolute Gasteiger partial charge is 0.381 e. The van der Waals surface area contributed by atoms with Crippen LogP contribution in [0.5, 0.6) is 0 Å². The van der Waals surface area contributed by atoms with Crippen molar-refractivity contribution in [3.8, 4) is 0 Å². The average molecular weight is 327 g/mol. The molecule has 0 saturated carbocycles. The molecule has 110 valence electrons. The molecule has 0 heterocycles. The summed E-state index contributed by atoms with van der Waals surface area (Å²) in [6.45, 7) is 0.251. The van der Waals surface area contributed by atoms with Gasteiger partial charge in [0.15, 0.2) is 0 Å². The van der Waals surface area contributed by atoms with Crippen LogP contribution in [0.25, 0.3) is 0 Å². The van der Waals surface area contributed by atoms with Gasteiger partial charge < -0.3 is 10.6 Å². The minimum atomic E-state index is -0.452. The molecule has 1 amide bonds. The van der Waals surface area contributed by atoms with E-state index in [2.05, 4.69) is 10.6 Å². The molecule has 0 unspecified atom stereocenters. The van der Waals surface area contributed by atoms with Gasteiger partial charge in [-0.05, 0) is 24.3 Å². The first kappa shape index (κ1) is 15.6. The summed E-state index contributed by atoms with van der Waals surface area (Å²) in [6, 6.07) is 9.76. The number of halogens is 3. The van der Waals surface area contributed by atoms with Crippen LogP contribution in [0.2, 0.25) is 10.0 Å². The van der Waals surface area contributed by atoms with Gasteiger partial charge >= 0.3 is 0 Å². The fourth-order valence-corrected chi connectivity index (χ4v) is 2.22. The molecular formula is C15H13Cl2FN2O. The van der Waals surface area contributed by atoms with Crippen molar-refractivity contribution in [1.29, 1.82) is 0 Å². The van der Waals surface area contributed by atoms with E-state index in [9.17, 15) is 9.18 Å². The Labute approximate surface area is 132 Å². The number of rotatable bonds is 4. The van der Waals surface area contributed by atoms with Gasteiger partial charge in [0.25, 0.3) is 5.91 Å². The van der Waals surface area contributed by atoms with Crippen LogP contribution in [0.15, 0.2) is 36.4 Å². The van der Waals surface area contributed by atoms with Gasteiger partial charge in [-0.2, -0.15) is 0 Å². The van der Waals surface area contributed by atoms with Crippen molar-refractivity contribution in [1.82, 2.24) is 5.32 Å². The van der Waals surface area contributed by atoms with Gasteiger partial charge in [0.05, 0.1) is 15.6 Å². The lowest BCUT2D eigenvalue weighted by Crippen LogP contribution is -2.18. The standard InChI is InChI=1S/C15H13Cl2FN2O/c1-19-15(21)11-7-10(5-6-12(11)16)20-8-9-3-2-4-13(17)14(9)18/h2-7,20H,8H2,1H3,(H,19,21). The van der Waals surface area contributed by atoms with Gasteiger partial charge in [0.2, 0.25) is 0 Å². The van der Waals surface area contributed by atoms with Crippen LogP contribution in [0.1, 0.15) is 15.9 Å². The molecule has 21 heavy (non-hydrogen) atoms. The normalized spacial score (nSPS) is 10.3. The number of amides is 1. The molecule has 0 aliphatic carbocycles. The number of anilines is 1. The minimum absolute atomic E-state index is 0.0801. The van der Waals surface area contributed by atoms with E-state index in [-0.39, 0.29) is 17.5 Å². The average Bonchev–Trinajstić information content (AvgIpc) is 2.49. The molecule has 0 atom stereocenters. The molecule has 2 N–H and O–H groups in total. The summed E-state index contributed by atoms with van der Waals surface area (Å²) in [7, 11) is 1.53. The minimum Gasteiger partial charge on any atom is -0.381 e. The zero-order chi connectivity index (χ0) is 15.4. The predicted molar refractivity (Wildman–Crippen MR) is 83.6 cm³/mol. The summed E-state index contributed by atoms with van der Waals surface area (Å²) >= 11 is 11.7. The summed E-state index contributed by atoms with van der Waals surface area (Å²) in [4.78, 5) is 11.7. The zero-order valence-corrected chi connectivity index (χ0v) is 12.7. The molecule has 0 bridgehead atoms. The number of hydrogen-bond donors (Lipinski definition) is 2. The molecule has 2 aromatic rings. The van der Waals surface area contributed by atoms with Gasteiger partial charge in [-0.3, -0.25) is 4.79 Å². The second-order valence-electron chi connectivity index (χ2n) is 4.34. The fraction of sp³-hybridized carbons (Fsp3) is 0.133. The Morgan fingerprint density at radius 3 is 2.67 bits per heavy atom. The van der Waals surface area contributed by atoms with Crippen molar-refractivity contribution in [2.75, 3.05) is 12.4 Å². The van der Waals surface area contributed by atoms with Crippen molar-refractivity contribution in [2.45, 2.75) is 6.54 Å². The van der Waals surface area contributed by atoms with E-state index < -0.39 is 5.82 Å². The summed E-state index contributed by atoms with van der Waals surface area (Å²) in [5.41, 5.74) is 1.46. The highest BCUT2D eigenvalue weighted by Crippen LogP contribution is 2.22. The number of carbonyl (C=O) groups is 1. The molecule has 0 aliphatic rings. The molecular weight excluding hydrogens is 314 g/mol. The van der Waals surface area contributed by atoms with Crippen molar-refractivity contribution in [2.24, 2.45) is 0 Å². The van der Waals surface area contributed by atoms with Crippen LogP contribution in [0.3, 0.4) is 0 Å². The molecule has 0 radical (unpaired) electrons. The third-order valence-corrected chi connectivity index (χ3v) is 3.57. The summed E-state index contributed by atoms with van der Waals surface area (Å²) in [5.74, 6) is -0.732. The van der Waals surface area contributed by atoms with E-state index in [1.54, 1.807) is 30.3 Å². The molecule has 6 heteroatoms. The maximum Gasteiger partial charge on any atom is 0.252 e. The van der Waals surface area contributed by atoms with E-state index in [1.165, 1.54) is 13.1 Å². The lowest BCUT2D eigenvalue weighted by atomic mass is 10.1. The highest BCUT2D eigenvalue weighted by Gasteiger charge is 2.10. The maximum atomic E-state index is 13.8. The fourth-order valence-electron chi connectivity index (χ4n) is 1.83. The van der Waals surface area contributed by atoms with Crippen molar-refractivity contribution >= 4 is 34.8 Å². The highest BCUT2D eigenvalue weighted by atomic mass is 35.5. The van der Waals surface area contributed by atoms with Crippen LogP contribution >= 0.6 is 23.2 Å². The Morgan fingerprint density at radius 2 is 1.95 bits per heavy atom. The number of hydrogen-bond acceptors (Lipinski definition) is 2. The van der Waals surface area contributed by atoms with Crippen LogP contribution in [0.4, 0.5) is 10.1 Å². The number of carbonyl (C=O) groups excluding carboxylic acids is 1. The Kier molecular flexibility index (Phi) is 5.04. The quantitative estimate of drug-likeness (QED) is 0.887. The molecule has 0 aromatic heterocycles. The van der Waals surface area contributed by atoms with Crippen LogP contribution in [0, 0.1) is 5.82 Å². The zero-order valence-electron chi connectivity index (χ0n) is 11.2. The lowest BCUT2D eigenvalue weighted by Gasteiger charge is -2.10. The Hall–Kier alpha value is -1.78. The Bertz CT molecular complexity index is 677. The van der Waals surface area contributed by atoms with Crippen molar-refractivity contribution in [3.05, 3.63) is 63.4 Å². The third kappa shape index (κ3) is 3.65. The van der Waals surface area contributed by atoms with E-state index in [0.29, 0.717) is 21.8 Å². The van der Waals surface area contributed by atoms with Crippen molar-refractivity contribution in [3.63, 3.8) is 0 Å². The summed E-state index contributed by atoms with van der Waals surface area (Å²) in [5, 5.41) is 5.98. The van der Waals surface area contributed by atoms with Crippen molar-refractivity contribution < 1.29 is 9.18 Å². The molecule has 0 fully saturated rings. The van der Waals surface area contributed by atoms with Crippen LogP contribution in [-0.2, 0) is 6.54 Å². The Morgan fingerprint density at radius 1 is 1.19 bits per heavy atom. The lowest BCUT2D eigenvalue weighted by molar-refractivity contribution is 0.0963. The SMILES string of the molecule is CNC(=O)c1cc(NCc2cccc(Cl)c2F)ccc1Cl. The van der Waals surface area contributed by atoms with Gasteiger partial charge in [0.1, 0.15) is 5.82 Å². The Balaban J connectivity index is 2.17. The van der Waals surface area contributed by atoms with E-state index in [4.69, 9.17) is 23.2 Å². The number of benzene rings is 2. The van der Waals surface area contributed by atoms with Gasteiger partial charge in [-0.25, -0.2) is 4.39 Å². The van der Waals surface area contributed by atoms with E-state index in [0.717, 1.165) is 0 Å². The van der Waals surface area contributed by atoms with E-state index in [1.807, 2.05) is 0 Å². The first-order valence-corrected chi connectivity index (χ1v) is 6.97. The molecule has 2 rings (SSSR count). The van der Waals surface area contributed by atoms with Gasteiger partial charge in [-0.15, -0.1) is 0 Å². The molecule has 2 aromatic carbocycles. The second-order valence-corrected chi connectivity index (χ2v) is 5.15. The van der Waals surface area contributed by atoms with Gasteiger partial charge in [0, 0.05) is 24.8 Å². The molecule has 0 saturated heterocycles. The highest BCUT2D eigenvalue weighted by molar-refractivity contribution is 6.34. The second kappa shape index (κ2) is 6.78. The third-order valence-electron chi connectivity index (χ3n) is 2.95.